The van der Waals surface area contributed by atoms with E-state index in [4.69, 9.17) is 23.7 Å². The summed E-state index contributed by atoms with van der Waals surface area (Å²) in [6, 6.07) is 13.4. The molecule has 0 unspecified atom stereocenters. The third-order valence-electron chi connectivity index (χ3n) is 6.22. The van der Waals surface area contributed by atoms with Gasteiger partial charge >= 0.3 is 5.97 Å². The molecule has 8 nitrogen and oxygen atoms in total. The van der Waals surface area contributed by atoms with E-state index in [0.29, 0.717) is 29.3 Å². The third kappa shape index (κ3) is 4.42. The van der Waals surface area contributed by atoms with Crippen LogP contribution >= 0.6 is 0 Å². The SMILES string of the molecule is COc1ccc(/C=C2\CCc3c2nc2ccccc2c3C(=O)OCc2nc(C(C)C)no2)cc1OC. The predicted octanol–water partition coefficient (Wildman–Crippen LogP) is 5.60. The number of fused-ring (bicyclic) bond motifs is 2. The summed E-state index contributed by atoms with van der Waals surface area (Å²) in [5, 5.41) is 4.70. The first-order valence-corrected chi connectivity index (χ1v) is 11.8. The molecule has 0 saturated heterocycles. The molecule has 2 aromatic carbocycles. The monoisotopic (exact) mass is 485 g/mol. The second kappa shape index (κ2) is 9.81. The van der Waals surface area contributed by atoms with Crippen molar-refractivity contribution in [1.82, 2.24) is 15.1 Å². The molecule has 0 amide bonds. The zero-order valence-electron chi connectivity index (χ0n) is 20.7. The van der Waals surface area contributed by atoms with Crippen LogP contribution in [0.3, 0.4) is 0 Å². The molecular weight excluding hydrogens is 458 g/mol. The summed E-state index contributed by atoms with van der Waals surface area (Å²) >= 11 is 0. The number of nitrogens with zero attached hydrogens (tertiary/aromatic N) is 3. The Morgan fingerprint density at radius 2 is 1.86 bits per heavy atom. The Morgan fingerprint density at radius 3 is 2.61 bits per heavy atom. The van der Waals surface area contributed by atoms with Crippen molar-refractivity contribution in [1.29, 1.82) is 0 Å². The number of para-hydroxylation sites is 1. The van der Waals surface area contributed by atoms with Gasteiger partial charge in [-0.2, -0.15) is 4.98 Å². The lowest BCUT2D eigenvalue weighted by Crippen LogP contribution is -2.10. The Balaban J connectivity index is 1.50. The van der Waals surface area contributed by atoms with E-state index in [1.54, 1.807) is 14.2 Å². The van der Waals surface area contributed by atoms with E-state index in [1.807, 2.05) is 56.3 Å². The van der Waals surface area contributed by atoms with E-state index in [2.05, 4.69) is 16.2 Å². The van der Waals surface area contributed by atoms with Gasteiger partial charge < -0.3 is 18.7 Å². The Morgan fingerprint density at radius 1 is 1.06 bits per heavy atom. The number of aromatic nitrogens is 3. The first-order chi connectivity index (χ1) is 17.5. The van der Waals surface area contributed by atoms with Gasteiger partial charge in [-0.25, -0.2) is 9.78 Å². The van der Waals surface area contributed by atoms with Gasteiger partial charge in [-0.05, 0) is 53.8 Å². The molecule has 2 aromatic heterocycles. The molecule has 5 rings (SSSR count). The van der Waals surface area contributed by atoms with Gasteiger partial charge in [0.25, 0.3) is 5.89 Å². The topological polar surface area (TPSA) is 96.6 Å². The van der Waals surface area contributed by atoms with Gasteiger partial charge in [0.1, 0.15) is 0 Å². The number of ether oxygens (including phenoxy) is 3. The molecule has 0 saturated carbocycles. The molecule has 36 heavy (non-hydrogen) atoms. The smallest absolute Gasteiger partial charge is 0.339 e. The summed E-state index contributed by atoms with van der Waals surface area (Å²) in [6.45, 7) is 3.86. The van der Waals surface area contributed by atoms with Crippen molar-refractivity contribution in [3.63, 3.8) is 0 Å². The van der Waals surface area contributed by atoms with Crippen molar-refractivity contribution in [2.24, 2.45) is 0 Å². The van der Waals surface area contributed by atoms with Crippen molar-refractivity contribution < 1.29 is 23.5 Å². The van der Waals surface area contributed by atoms with Crippen LogP contribution in [0, 0.1) is 0 Å². The zero-order chi connectivity index (χ0) is 25.2. The van der Waals surface area contributed by atoms with E-state index in [-0.39, 0.29) is 18.4 Å². The minimum absolute atomic E-state index is 0.0850. The number of benzene rings is 2. The lowest BCUT2D eigenvalue weighted by Gasteiger charge is -2.12. The second-order valence-electron chi connectivity index (χ2n) is 8.89. The van der Waals surface area contributed by atoms with Crippen LogP contribution in [0.1, 0.15) is 65.1 Å². The van der Waals surface area contributed by atoms with Gasteiger partial charge in [0.05, 0.1) is 31.0 Å². The summed E-state index contributed by atoms with van der Waals surface area (Å²) in [5.74, 6) is 1.88. The first-order valence-electron chi connectivity index (χ1n) is 11.8. The van der Waals surface area contributed by atoms with Gasteiger partial charge in [-0.3, -0.25) is 0 Å². The molecular formula is C28H27N3O5. The molecule has 1 aliphatic carbocycles. The number of esters is 1. The second-order valence-corrected chi connectivity index (χ2v) is 8.89. The van der Waals surface area contributed by atoms with Gasteiger partial charge in [-0.15, -0.1) is 0 Å². The molecule has 0 bridgehead atoms. The molecule has 1 aliphatic rings. The van der Waals surface area contributed by atoms with Crippen LogP contribution in [0.4, 0.5) is 0 Å². The van der Waals surface area contributed by atoms with Crippen molar-refractivity contribution in [3.05, 3.63) is 76.6 Å². The maximum absolute atomic E-state index is 13.4. The van der Waals surface area contributed by atoms with Crippen LogP contribution in [0.5, 0.6) is 11.5 Å². The highest BCUT2D eigenvalue weighted by atomic mass is 16.6. The minimum atomic E-state index is -0.429. The normalized spacial score (nSPS) is 13.9. The molecule has 0 spiro atoms. The third-order valence-corrected chi connectivity index (χ3v) is 6.22. The molecule has 2 heterocycles. The summed E-state index contributed by atoms with van der Waals surface area (Å²) in [7, 11) is 3.23. The molecule has 0 fully saturated rings. The van der Waals surface area contributed by atoms with Gasteiger partial charge in [0.15, 0.2) is 23.9 Å². The fraction of sp³-hybridized carbons (Fsp3) is 0.286. The Kier molecular flexibility index (Phi) is 6.41. The largest absolute Gasteiger partial charge is 0.493 e. The van der Waals surface area contributed by atoms with E-state index in [1.165, 1.54) is 0 Å². The summed E-state index contributed by atoms with van der Waals surface area (Å²) in [4.78, 5) is 22.6. The van der Waals surface area contributed by atoms with Gasteiger partial charge in [0.2, 0.25) is 0 Å². The van der Waals surface area contributed by atoms with Crippen LogP contribution in [0.2, 0.25) is 0 Å². The number of rotatable bonds is 7. The maximum atomic E-state index is 13.4. The van der Waals surface area contributed by atoms with Gasteiger partial charge in [-0.1, -0.05) is 43.3 Å². The van der Waals surface area contributed by atoms with Crippen LogP contribution in [0.15, 0.2) is 47.0 Å². The highest BCUT2D eigenvalue weighted by Gasteiger charge is 2.28. The quantitative estimate of drug-likeness (QED) is 0.312. The van der Waals surface area contributed by atoms with Crippen LogP contribution < -0.4 is 9.47 Å². The van der Waals surface area contributed by atoms with E-state index < -0.39 is 5.97 Å². The Labute approximate surface area is 208 Å². The lowest BCUT2D eigenvalue weighted by molar-refractivity contribution is 0.0431. The Bertz CT molecular complexity index is 1470. The molecule has 184 valence electrons. The maximum Gasteiger partial charge on any atom is 0.339 e. The van der Waals surface area contributed by atoms with Crippen molar-refractivity contribution in [3.8, 4) is 11.5 Å². The summed E-state index contributed by atoms with van der Waals surface area (Å²) in [5.41, 5.74) is 5.00. The molecule has 0 aliphatic heterocycles. The number of methoxy groups -OCH3 is 2. The average molecular weight is 486 g/mol. The van der Waals surface area contributed by atoms with E-state index in [9.17, 15) is 4.79 Å². The van der Waals surface area contributed by atoms with E-state index in [0.717, 1.165) is 39.7 Å². The summed E-state index contributed by atoms with van der Waals surface area (Å²) < 4.78 is 21.7. The summed E-state index contributed by atoms with van der Waals surface area (Å²) in [6.07, 6.45) is 3.53. The fourth-order valence-corrected chi connectivity index (χ4v) is 4.42. The highest BCUT2D eigenvalue weighted by Crippen LogP contribution is 2.38. The molecule has 0 radical (unpaired) electrons. The predicted molar refractivity (Wildman–Crippen MR) is 135 cm³/mol. The zero-order valence-corrected chi connectivity index (χ0v) is 20.7. The number of pyridine rings is 1. The molecule has 0 atom stereocenters. The van der Waals surface area contributed by atoms with Crippen LogP contribution in [0.25, 0.3) is 22.6 Å². The van der Waals surface area contributed by atoms with Crippen LogP contribution in [-0.4, -0.2) is 35.3 Å². The average Bonchev–Trinajstić information content (AvgIpc) is 3.53. The molecule has 8 heteroatoms. The van der Waals surface area contributed by atoms with Gasteiger partial charge in [0, 0.05) is 11.3 Å². The van der Waals surface area contributed by atoms with E-state index >= 15 is 0 Å². The van der Waals surface area contributed by atoms with Crippen molar-refractivity contribution >= 4 is 28.5 Å². The molecule has 0 N–H and O–H groups in total. The minimum Gasteiger partial charge on any atom is -0.493 e. The number of hydrogen-bond donors (Lipinski definition) is 0. The highest BCUT2D eigenvalue weighted by molar-refractivity contribution is 6.07. The molecule has 4 aromatic rings. The number of carbonyl (C=O) groups excluding carboxylic acids is 1. The van der Waals surface area contributed by atoms with Crippen LogP contribution in [-0.2, 0) is 17.8 Å². The number of hydrogen-bond acceptors (Lipinski definition) is 8. The standard InChI is InChI=1S/C28H27N3O5/c1-16(2)27-30-24(36-31-27)15-35-28(32)25-19-7-5-6-8-21(19)29-26-18(10-11-20(25)26)13-17-9-12-22(33-3)23(14-17)34-4/h5-9,12-14,16H,10-11,15H2,1-4H3/b18-13+. The first kappa shape index (κ1) is 23.5. The van der Waals surface area contributed by atoms with Crippen molar-refractivity contribution in [2.75, 3.05) is 14.2 Å². The lowest BCUT2D eigenvalue weighted by atomic mass is 10.0. The number of allylic oxidation sites excluding steroid dienone is 1. The number of carbonyl (C=O) groups is 1. The van der Waals surface area contributed by atoms with Crippen molar-refractivity contribution in [2.45, 2.75) is 39.2 Å². The fourth-order valence-electron chi connectivity index (χ4n) is 4.42. The Hall–Kier alpha value is -4.20.